The molecule has 0 bridgehead atoms. The SMILES string of the molecule is CCO[C@@H](Cc1ccc(OC/C=C(/C)C#Cc2cc(F)cc(F)c2)c(Br)c1)C(=O)O. The standard InChI is InChI=1S/C23H21BrF2O4/c1-3-29-22(23(27)28)13-17-6-7-21(20(24)12-17)30-9-8-15(2)4-5-16-10-18(25)14-19(26)11-16/h6-8,10-12,14,22H,3,9,13H2,1-2H3,(H,27,28)/b15-8-/t22-/m0/s1. The van der Waals surface area contributed by atoms with Gasteiger partial charge in [-0.15, -0.1) is 0 Å². The molecule has 0 unspecified atom stereocenters. The molecule has 0 amide bonds. The Balaban J connectivity index is 1.97. The first-order valence-electron chi connectivity index (χ1n) is 9.19. The highest BCUT2D eigenvalue weighted by molar-refractivity contribution is 9.10. The molecule has 2 aromatic rings. The Hall–Kier alpha value is -2.69. The summed E-state index contributed by atoms with van der Waals surface area (Å²) in [7, 11) is 0. The molecule has 0 heterocycles. The molecule has 4 nitrogen and oxygen atoms in total. The molecule has 0 aromatic heterocycles. The summed E-state index contributed by atoms with van der Waals surface area (Å²) in [5, 5.41) is 9.19. The summed E-state index contributed by atoms with van der Waals surface area (Å²) in [6, 6.07) is 8.44. The summed E-state index contributed by atoms with van der Waals surface area (Å²) < 4.78 is 38.0. The third-order valence-corrected chi connectivity index (χ3v) is 4.58. The fourth-order valence-corrected chi connectivity index (χ4v) is 3.07. The van der Waals surface area contributed by atoms with E-state index in [4.69, 9.17) is 9.47 Å². The molecule has 1 atom stereocenters. The number of carbonyl (C=O) groups is 1. The summed E-state index contributed by atoms with van der Waals surface area (Å²) >= 11 is 3.42. The molecule has 0 saturated carbocycles. The monoisotopic (exact) mass is 478 g/mol. The maximum atomic E-state index is 13.2. The van der Waals surface area contributed by atoms with E-state index in [-0.39, 0.29) is 18.6 Å². The lowest BCUT2D eigenvalue weighted by molar-refractivity contribution is -0.149. The number of benzene rings is 2. The number of hydrogen-bond acceptors (Lipinski definition) is 3. The van der Waals surface area contributed by atoms with E-state index >= 15 is 0 Å². The van der Waals surface area contributed by atoms with Crippen LogP contribution in [-0.2, 0) is 16.0 Å². The molecular weight excluding hydrogens is 458 g/mol. The van der Waals surface area contributed by atoms with E-state index in [9.17, 15) is 18.7 Å². The maximum absolute atomic E-state index is 13.2. The zero-order chi connectivity index (χ0) is 22.1. The van der Waals surface area contributed by atoms with E-state index in [0.29, 0.717) is 22.4 Å². The summed E-state index contributed by atoms with van der Waals surface area (Å²) in [4.78, 5) is 11.2. The zero-order valence-electron chi connectivity index (χ0n) is 16.5. The third kappa shape index (κ3) is 7.62. The highest BCUT2D eigenvalue weighted by atomic mass is 79.9. The van der Waals surface area contributed by atoms with Gasteiger partial charge in [0.15, 0.2) is 6.10 Å². The molecule has 30 heavy (non-hydrogen) atoms. The van der Waals surface area contributed by atoms with Gasteiger partial charge in [0.1, 0.15) is 24.0 Å². The predicted octanol–water partition coefficient (Wildman–Crippen LogP) is 5.14. The van der Waals surface area contributed by atoms with Crippen molar-refractivity contribution in [1.29, 1.82) is 0 Å². The second-order valence-electron chi connectivity index (χ2n) is 6.36. The van der Waals surface area contributed by atoms with Crippen LogP contribution in [0.4, 0.5) is 8.78 Å². The van der Waals surface area contributed by atoms with Gasteiger partial charge < -0.3 is 14.6 Å². The molecule has 7 heteroatoms. The average Bonchev–Trinajstić information content (AvgIpc) is 2.67. The Morgan fingerprint density at radius 2 is 1.93 bits per heavy atom. The second-order valence-corrected chi connectivity index (χ2v) is 7.21. The van der Waals surface area contributed by atoms with E-state index in [0.717, 1.165) is 11.6 Å². The van der Waals surface area contributed by atoms with Crippen molar-refractivity contribution in [3.05, 3.63) is 75.3 Å². The first-order valence-corrected chi connectivity index (χ1v) is 9.98. The first kappa shape index (κ1) is 23.6. The minimum atomic E-state index is -1.00. The van der Waals surface area contributed by atoms with Gasteiger partial charge in [0, 0.05) is 24.7 Å². The molecule has 0 aliphatic heterocycles. The number of ether oxygens (including phenoxy) is 2. The van der Waals surface area contributed by atoms with Gasteiger partial charge in [-0.2, -0.15) is 0 Å². The van der Waals surface area contributed by atoms with E-state index in [1.54, 1.807) is 38.1 Å². The molecular formula is C23H21BrF2O4. The number of aliphatic carboxylic acids is 1. The van der Waals surface area contributed by atoms with Gasteiger partial charge in [-0.25, -0.2) is 13.6 Å². The lowest BCUT2D eigenvalue weighted by atomic mass is 10.1. The maximum Gasteiger partial charge on any atom is 0.333 e. The van der Waals surface area contributed by atoms with Crippen LogP contribution < -0.4 is 4.74 Å². The van der Waals surface area contributed by atoms with Crippen LogP contribution in [0.25, 0.3) is 0 Å². The molecule has 2 rings (SSSR count). The van der Waals surface area contributed by atoms with Crippen LogP contribution in [0.1, 0.15) is 25.0 Å². The van der Waals surface area contributed by atoms with Gasteiger partial charge in [-0.05, 0) is 71.3 Å². The van der Waals surface area contributed by atoms with Gasteiger partial charge in [0.2, 0.25) is 0 Å². The molecule has 0 radical (unpaired) electrons. The molecule has 2 aromatic carbocycles. The Morgan fingerprint density at radius 3 is 2.53 bits per heavy atom. The van der Waals surface area contributed by atoms with Crippen molar-refractivity contribution in [2.45, 2.75) is 26.4 Å². The van der Waals surface area contributed by atoms with Crippen molar-refractivity contribution in [2.24, 2.45) is 0 Å². The Kier molecular flexibility index (Phi) is 9.03. The minimum Gasteiger partial charge on any atom is -0.488 e. The van der Waals surface area contributed by atoms with Crippen LogP contribution >= 0.6 is 15.9 Å². The third-order valence-electron chi connectivity index (χ3n) is 3.96. The van der Waals surface area contributed by atoms with E-state index in [1.165, 1.54) is 12.1 Å². The normalized spacial score (nSPS) is 12.1. The van der Waals surface area contributed by atoms with Gasteiger partial charge in [-0.1, -0.05) is 17.9 Å². The van der Waals surface area contributed by atoms with Crippen LogP contribution in [0.2, 0.25) is 0 Å². The van der Waals surface area contributed by atoms with Gasteiger partial charge >= 0.3 is 5.97 Å². The fraction of sp³-hybridized carbons (Fsp3) is 0.261. The summed E-state index contributed by atoms with van der Waals surface area (Å²) in [6.45, 7) is 4.08. The number of allylic oxidation sites excluding steroid dienone is 1. The van der Waals surface area contributed by atoms with Gasteiger partial charge in [0.05, 0.1) is 4.47 Å². The molecule has 1 N–H and O–H groups in total. The predicted molar refractivity (Wildman–Crippen MR) is 113 cm³/mol. The molecule has 0 aliphatic rings. The molecule has 0 fully saturated rings. The summed E-state index contributed by atoms with van der Waals surface area (Å²) in [5.74, 6) is 3.77. The quantitative estimate of drug-likeness (QED) is 0.533. The highest BCUT2D eigenvalue weighted by Gasteiger charge is 2.18. The van der Waals surface area contributed by atoms with Crippen molar-refractivity contribution in [1.82, 2.24) is 0 Å². The Bertz CT molecular complexity index is 972. The second kappa shape index (κ2) is 11.5. The summed E-state index contributed by atoms with van der Waals surface area (Å²) in [5.41, 5.74) is 1.75. The number of rotatable bonds is 8. The van der Waals surface area contributed by atoms with E-state index in [1.807, 2.05) is 0 Å². The largest absolute Gasteiger partial charge is 0.488 e. The number of hydrogen-bond donors (Lipinski definition) is 1. The highest BCUT2D eigenvalue weighted by Crippen LogP contribution is 2.27. The Morgan fingerprint density at radius 1 is 1.23 bits per heavy atom. The summed E-state index contributed by atoms with van der Waals surface area (Å²) in [6.07, 6.45) is 1.10. The Labute approximate surface area is 182 Å². The van der Waals surface area contributed by atoms with Crippen LogP contribution in [0.5, 0.6) is 5.75 Å². The van der Waals surface area contributed by atoms with Crippen molar-refractivity contribution < 1.29 is 28.2 Å². The number of carboxylic acids is 1. The molecule has 0 aliphatic carbocycles. The van der Waals surface area contributed by atoms with Crippen LogP contribution in [0.15, 0.2) is 52.5 Å². The number of halogens is 3. The van der Waals surface area contributed by atoms with E-state index < -0.39 is 23.7 Å². The van der Waals surface area contributed by atoms with Crippen molar-refractivity contribution >= 4 is 21.9 Å². The molecule has 0 spiro atoms. The first-order chi connectivity index (χ1) is 14.3. The van der Waals surface area contributed by atoms with Crippen LogP contribution in [0, 0.1) is 23.5 Å². The van der Waals surface area contributed by atoms with Crippen LogP contribution in [-0.4, -0.2) is 30.4 Å². The smallest absolute Gasteiger partial charge is 0.333 e. The fourth-order valence-electron chi connectivity index (χ4n) is 2.53. The zero-order valence-corrected chi connectivity index (χ0v) is 18.1. The topological polar surface area (TPSA) is 55.8 Å². The van der Waals surface area contributed by atoms with Crippen molar-refractivity contribution in [3.8, 4) is 17.6 Å². The molecule has 0 saturated heterocycles. The lowest BCUT2D eigenvalue weighted by Gasteiger charge is -2.13. The average molecular weight is 479 g/mol. The van der Waals surface area contributed by atoms with Crippen molar-refractivity contribution in [2.75, 3.05) is 13.2 Å². The van der Waals surface area contributed by atoms with Crippen molar-refractivity contribution in [3.63, 3.8) is 0 Å². The van der Waals surface area contributed by atoms with E-state index in [2.05, 4.69) is 27.8 Å². The van der Waals surface area contributed by atoms with Gasteiger partial charge in [-0.3, -0.25) is 0 Å². The van der Waals surface area contributed by atoms with Gasteiger partial charge in [0.25, 0.3) is 0 Å². The minimum absolute atomic E-state index is 0.243. The lowest BCUT2D eigenvalue weighted by Crippen LogP contribution is -2.26. The van der Waals surface area contributed by atoms with Crippen LogP contribution in [0.3, 0.4) is 0 Å². The molecule has 158 valence electrons. The number of carboxylic acid groups (broad SMARTS) is 1.